The molecule has 0 saturated carbocycles. The lowest BCUT2D eigenvalue weighted by atomic mass is 9.82. The minimum absolute atomic E-state index is 0.0546. The van der Waals surface area contributed by atoms with Gasteiger partial charge < -0.3 is 10.0 Å². The maximum Gasteiger partial charge on any atom is 0.333 e. The lowest BCUT2D eigenvalue weighted by Gasteiger charge is -2.45. The summed E-state index contributed by atoms with van der Waals surface area (Å²) in [6, 6.07) is 7.73. The normalized spacial score (nSPS) is 25.0. The van der Waals surface area contributed by atoms with Crippen LogP contribution in [-0.4, -0.2) is 88.0 Å². The number of nitrogens with zero attached hydrogens (tertiary/aromatic N) is 10. The number of fused-ring (bicyclic) bond motifs is 1. The Kier molecular flexibility index (Phi) is 9.42. The zero-order valence-corrected chi connectivity index (χ0v) is 31.1. The number of benzene rings is 1. The Hall–Kier alpha value is -4.53. The van der Waals surface area contributed by atoms with Crippen LogP contribution in [0.5, 0.6) is 0 Å². The molecule has 7 heterocycles. The maximum absolute atomic E-state index is 14.3. The third-order valence-corrected chi connectivity index (χ3v) is 12.8. The van der Waals surface area contributed by atoms with Crippen LogP contribution in [0.15, 0.2) is 83.3 Å². The third-order valence-electron chi connectivity index (χ3n) is 9.81. The third kappa shape index (κ3) is 6.62. The van der Waals surface area contributed by atoms with Gasteiger partial charge in [0, 0.05) is 76.9 Å². The number of nitrogens with one attached hydrogen (secondary N) is 1. The standard InChI is InChI=1S/C34H33ClF3N11O3S2/c1-19-15-34(50,27-18-48(45-42-27)28-5-3-4-9-39-28)16-20(2)49(19)54(51,52)44-22-14-26-29(25-8-11-47(43-25)33(37)38)30(23-7-6-21(36)13-24(23)35)41-31(46(26)17-22)32-40-10-12-53-32/h3-13,18-20,22,30,33,44,50H,14-17H2,1-2H3/t19-,20+,22-,30-,34+/m0/s1. The number of pyridine rings is 1. The number of piperidine rings is 1. The van der Waals surface area contributed by atoms with Crippen LogP contribution in [0.1, 0.15) is 67.7 Å². The molecular formula is C34H33ClF3N11O3S2. The van der Waals surface area contributed by atoms with E-state index < -0.39 is 52.3 Å². The molecule has 54 heavy (non-hydrogen) atoms. The summed E-state index contributed by atoms with van der Waals surface area (Å²) in [5, 5.41) is 26.7. The highest BCUT2D eigenvalue weighted by atomic mass is 35.5. The van der Waals surface area contributed by atoms with Crippen molar-refractivity contribution < 1.29 is 26.7 Å². The first-order valence-electron chi connectivity index (χ1n) is 17.0. The molecule has 0 radical (unpaired) electrons. The van der Waals surface area contributed by atoms with Crippen molar-refractivity contribution in [3.8, 4) is 5.82 Å². The van der Waals surface area contributed by atoms with Crippen molar-refractivity contribution in [3.63, 3.8) is 0 Å². The summed E-state index contributed by atoms with van der Waals surface area (Å²) in [6.07, 6.45) is 6.22. The van der Waals surface area contributed by atoms with E-state index in [1.54, 1.807) is 56.0 Å². The molecule has 8 rings (SSSR count). The molecule has 2 N–H and O–H groups in total. The number of hydrogen-bond donors (Lipinski definition) is 2. The second-order valence-electron chi connectivity index (χ2n) is 13.5. The van der Waals surface area contributed by atoms with Crippen LogP contribution in [0.4, 0.5) is 13.2 Å². The Balaban J connectivity index is 1.11. The van der Waals surface area contributed by atoms with Crippen molar-refractivity contribution in [2.75, 3.05) is 6.54 Å². The highest BCUT2D eigenvalue weighted by molar-refractivity contribution is 7.87. The van der Waals surface area contributed by atoms with Crippen LogP contribution in [-0.2, 0) is 15.8 Å². The van der Waals surface area contributed by atoms with Crippen molar-refractivity contribution in [1.82, 2.24) is 48.7 Å². The van der Waals surface area contributed by atoms with Crippen molar-refractivity contribution >= 4 is 44.6 Å². The van der Waals surface area contributed by atoms with Gasteiger partial charge in [0.1, 0.15) is 23.2 Å². The fourth-order valence-electron chi connectivity index (χ4n) is 7.74. The summed E-state index contributed by atoms with van der Waals surface area (Å²) in [5.74, 6) is 0.383. The fourth-order valence-corrected chi connectivity index (χ4v) is 10.4. The van der Waals surface area contributed by atoms with Gasteiger partial charge in [-0.15, -0.1) is 16.4 Å². The van der Waals surface area contributed by atoms with Gasteiger partial charge in [0.15, 0.2) is 16.7 Å². The first-order chi connectivity index (χ1) is 25.8. The summed E-state index contributed by atoms with van der Waals surface area (Å²) in [7, 11) is -4.18. The fraction of sp³-hybridized carbons (Fsp3) is 0.353. The first kappa shape index (κ1) is 36.4. The molecule has 0 unspecified atom stereocenters. The van der Waals surface area contributed by atoms with Crippen molar-refractivity contribution in [3.05, 3.63) is 111 Å². The van der Waals surface area contributed by atoms with Crippen LogP contribution in [0.2, 0.25) is 5.02 Å². The van der Waals surface area contributed by atoms with Gasteiger partial charge in [0.05, 0.1) is 11.9 Å². The molecule has 20 heteroatoms. The van der Waals surface area contributed by atoms with E-state index >= 15 is 0 Å². The van der Waals surface area contributed by atoms with Gasteiger partial charge >= 0.3 is 6.55 Å². The average molecular weight is 800 g/mol. The molecule has 1 aromatic carbocycles. The Labute approximate surface area is 316 Å². The van der Waals surface area contributed by atoms with Crippen LogP contribution in [0.3, 0.4) is 0 Å². The van der Waals surface area contributed by atoms with Crippen molar-refractivity contribution in [2.45, 2.75) is 69.4 Å². The van der Waals surface area contributed by atoms with Crippen LogP contribution in [0.25, 0.3) is 11.4 Å². The summed E-state index contributed by atoms with van der Waals surface area (Å²) in [4.78, 5) is 15.6. The van der Waals surface area contributed by atoms with Crippen LogP contribution in [0, 0.1) is 5.82 Å². The number of rotatable bonds is 9. The summed E-state index contributed by atoms with van der Waals surface area (Å²) >= 11 is 7.89. The van der Waals surface area contributed by atoms with E-state index in [1.807, 2.05) is 4.90 Å². The average Bonchev–Trinajstić information content (AvgIpc) is 3.95. The Morgan fingerprint density at radius 3 is 2.56 bits per heavy atom. The molecule has 4 aromatic heterocycles. The Morgan fingerprint density at radius 1 is 1.09 bits per heavy atom. The molecule has 3 aliphatic heterocycles. The van der Waals surface area contributed by atoms with Crippen LogP contribution >= 0.6 is 22.9 Å². The molecule has 0 aliphatic carbocycles. The van der Waals surface area contributed by atoms with Gasteiger partial charge in [-0.25, -0.2) is 23.7 Å². The largest absolute Gasteiger partial charge is 0.383 e. The van der Waals surface area contributed by atoms with E-state index in [-0.39, 0.29) is 36.5 Å². The number of aromatic nitrogens is 7. The lowest BCUT2D eigenvalue weighted by molar-refractivity contribution is -0.0492. The highest BCUT2D eigenvalue weighted by Gasteiger charge is 2.49. The van der Waals surface area contributed by atoms with E-state index in [0.717, 1.165) is 12.3 Å². The smallest absolute Gasteiger partial charge is 0.333 e. The molecule has 2 saturated heterocycles. The minimum atomic E-state index is -4.18. The van der Waals surface area contributed by atoms with Gasteiger partial charge in [0.2, 0.25) is 0 Å². The second-order valence-corrected chi connectivity index (χ2v) is 16.4. The topological polar surface area (TPSA) is 160 Å². The van der Waals surface area contributed by atoms with E-state index in [0.29, 0.717) is 43.9 Å². The molecule has 14 nitrogen and oxygen atoms in total. The Bertz CT molecular complexity index is 2340. The number of halogens is 4. The minimum Gasteiger partial charge on any atom is -0.383 e. The Morgan fingerprint density at radius 2 is 1.89 bits per heavy atom. The summed E-state index contributed by atoms with van der Waals surface area (Å²) in [6.45, 7) is 0.678. The van der Waals surface area contributed by atoms with Crippen LogP contribution < -0.4 is 4.72 Å². The molecule has 0 bridgehead atoms. The zero-order valence-electron chi connectivity index (χ0n) is 28.7. The predicted octanol–water partition coefficient (Wildman–Crippen LogP) is 5.09. The molecule has 2 fully saturated rings. The number of aliphatic hydroxyl groups is 1. The molecule has 282 valence electrons. The highest BCUT2D eigenvalue weighted by Crippen LogP contribution is 2.47. The number of amidine groups is 1. The van der Waals surface area contributed by atoms with Gasteiger partial charge in [-0.2, -0.15) is 31.3 Å². The molecule has 5 aromatic rings. The summed E-state index contributed by atoms with van der Waals surface area (Å²) < 4.78 is 76.5. The molecule has 0 amide bonds. The van der Waals surface area contributed by atoms with Gasteiger partial charge in [-0.3, -0.25) is 4.99 Å². The van der Waals surface area contributed by atoms with Gasteiger partial charge in [-0.05, 0) is 57.0 Å². The molecule has 0 spiro atoms. The first-order valence-corrected chi connectivity index (χ1v) is 19.7. The SMILES string of the molecule is C[C@@H]1C[C@@](O)(c2cn(-c3ccccn3)nn2)C[C@H](C)N1S(=O)(=O)N[C@H]1CC2=C(c3ccn(C(F)F)n3)[C@H](c3ccc(F)cc3Cl)N=C(c3nccs3)N2C1. The molecule has 5 atom stereocenters. The zero-order chi connectivity index (χ0) is 37.9. The quantitative estimate of drug-likeness (QED) is 0.207. The lowest BCUT2D eigenvalue weighted by Crippen LogP contribution is -2.59. The van der Waals surface area contributed by atoms with Gasteiger partial charge in [-0.1, -0.05) is 28.9 Å². The van der Waals surface area contributed by atoms with Gasteiger partial charge in [0.25, 0.3) is 10.2 Å². The molecular weight excluding hydrogens is 767 g/mol. The second kappa shape index (κ2) is 14.0. The molecule has 3 aliphatic rings. The maximum atomic E-state index is 14.3. The number of alkyl halides is 2. The number of thiazole rings is 1. The predicted molar refractivity (Wildman–Crippen MR) is 193 cm³/mol. The van der Waals surface area contributed by atoms with Crippen molar-refractivity contribution in [1.29, 1.82) is 0 Å². The number of hydrogen-bond acceptors (Lipinski definition) is 11. The van der Waals surface area contributed by atoms with E-state index in [1.165, 1.54) is 38.5 Å². The van der Waals surface area contributed by atoms with E-state index in [9.17, 15) is 26.7 Å². The van der Waals surface area contributed by atoms with Crippen molar-refractivity contribution in [2.24, 2.45) is 4.99 Å². The monoisotopic (exact) mass is 799 g/mol. The number of aliphatic imine (C=N–C) groups is 1. The van der Waals surface area contributed by atoms with E-state index in [4.69, 9.17) is 16.6 Å². The summed E-state index contributed by atoms with van der Waals surface area (Å²) in [5.41, 5.74) is 0.453. The van der Waals surface area contributed by atoms with E-state index in [2.05, 4.69) is 30.1 Å².